The smallest absolute Gasteiger partial charge is 0.253 e. The molecule has 144 valence electrons. The zero-order valence-corrected chi connectivity index (χ0v) is 16.0. The first-order chi connectivity index (χ1) is 13.1. The number of likely N-dealkylation sites (tertiary alicyclic amines) is 1. The van der Waals surface area contributed by atoms with Gasteiger partial charge in [0.15, 0.2) is 0 Å². The third-order valence-corrected chi connectivity index (χ3v) is 5.52. The largest absolute Gasteiger partial charge is 0.394 e. The molecule has 2 aromatic carbocycles. The number of aliphatic hydroxyl groups excluding tert-OH is 2. The van der Waals surface area contributed by atoms with Gasteiger partial charge < -0.3 is 15.1 Å². The average molecular weight is 367 g/mol. The Hall–Kier alpha value is -2.17. The standard InChI is InChI=1S/C23H29NO3/c1-2-3-17-4-6-18(7-5-17)19-8-10-21(11-9-19)23(27)24-14-12-20(13-15-24)22(26)16-25/h4-11,20,22,25-26H,2-3,12-16H2,1H3. The maximum absolute atomic E-state index is 12.7. The first-order valence-corrected chi connectivity index (χ1v) is 9.90. The highest BCUT2D eigenvalue weighted by atomic mass is 16.3. The van der Waals surface area contributed by atoms with Gasteiger partial charge in [0.1, 0.15) is 0 Å². The van der Waals surface area contributed by atoms with Gasteiger partial charge in [-0.25, -0.2) is 0 Å². The van der Waals surface area contributed by atoms with Crippen molar-refractivity contribution in [1.82, 2.24) is 4.90 Å². The van der Waals surface area contributed by atoms with Crippen molar-refractivity contribution in [3.63, 3.8) is 0 Å². The molecule has 0 aromatic heterocycles. The van der Waals surface area contributed by atoms with Crippen LogP contribution >= 0.6 is 0 Å². The lowest BCUT2D eigenvalue weighted by atomic mass is 9.91. The van der Waals surface area contributed by atoms with Crippen LogP contribution in [0, 0.1) is 5.92 Å². The minimum Gasteiger partial charge on any atom is -0.394 e. The van der Waals surface area contributed by atoms with Gasteiger partial charge in [0.2, 0.25) is 0 Å². The predicted octanol–water partition coefficient (Wildman–Crippen LogP) is 3.51. The van der Waals surface area contributed by atoms with Crippen molar-refractivity contribution >= 4 is 5.91 Å². The molecule has 1 atom stereocenters. The van der Waals surface area contributed by atoms with E-state index in [1.54, 1.807) is 0 Å². The number of piperidine rings is 1. The lowest BCUT2D eigenvalue weighted by Gasteiger charge is -2.33. The van der Waals surface area contributed by atoms with E-state index in [2.05, 4.69) is 31.2 Å². The van der Waals surface area contributed by atoms with E-state index in [-0.39, 0.29) is 18.4 Å². The second kappa shape index (κ2) is 9.16. The van der Waals surface area contributed by atoms with Crippen LogP contribution in [0.4, 0.5) is 0 Å². The topological polar surface area (TPSA) is 60.8 Å². The van der Waals surface area contributed by atoms with E-state index in [0.717, 1.165) is 36.8 Å². The molecule has 4 heteroatoms. The summed E-state index contributed by atoms with van der Waals surface area (Å²) in [4.78, 5) is 14.6. The summed E-state index contributed by atoms with van der Waals surface area (Å²) in [7, 11) is 0. The van der Waals surface area contributed by atoms with E-state index in [1.165, 1.54) is 5.56 Å². The van der Waals surface area contributed by atoms with Crippen LogP contribution in [0.1, 0.15) is 42.1 Å². The third kappa shape index (κ3) is 4.76. The zero-order chi connectivity index (χ0) is 19.2. The molecule has 0 aliphatic carbocycles. The highest BCUT2D eigenvalue weighted by Gasteiger charge is 2.27. The van der Waals surface area contributed by atoms with Gasteiger partial charge in [0, 0.05) is 18.7 Å². The van der Waals surface area contributed by atoms with Crippen molar-refractivity contribution in [3.05, 3.63) is 59.7 Å². The summed E-state index contributed by atoms with van der Waals surface area (Å²) in [5.74, 6) is 0.119. The van der Waals surface area contributed by atoms with E-state index >= 15 is 0 Å². The number of carbonyl (C=O) groups excluding carboxylic acids is 1. The van der Waals surface area contributed by atoms with Gasteiger partial charge in [-0.05, 0) is 54.0 Å². The molecule has 1 aliphatic heterocycles. The number of amides is 1. The van der Waals surface area contributed by atoms with Gasteiger partial charge in [-0.3, -0.25) is 4.79 Å². The van der Waals surface area contributed by atoms with Crippen LogP contribution in [-0.4, -0.2) is 46.8 Å². The van der Waals surface area contributed by atoms with Crippen LogP contribution in [0.25, 0.3) is 11.1 Å². The Morgan fingerprint density at radius 1 is 1.04 bits per heavy atom. The van der Waals surface area contributed by atoms with Crippen LogP contribution < -0.4 is 0 Å². The maximum Gasteiger partial charge on any atom is 0.253 e. The first kappa shape index (κ1) is 19.6. The molecule has 3 rings (SSSR count). The fraction of sp³-hybridized carbons (Fsp3) is 0.435. The number of hydrogen-bond acceptors (Lipinski definition) is 3. The molecule has 1 saturated heterocycles. The molecule has 1 aliphatic rings. The zero-order valence-electron chi connectivity index (χ0n) is 16.0. The van der Waals surface area contributed by atoms with Crippen molar-refractivity contribution in [2.24, 2.45) is 5.92 Å². The molecule has 0 saturated carbocycles. The SMILES string of the molecule is CCCc1ccc(-c2ccc(C(=O)N3CCC(C(O)CO)CC3)cc2)cc1. The van der Waals surface area contributed by atoms with Crippen LogP contribution in [0.15, 0.2) is 48.5 Å². The van der Waals surface area contributed by atoms with Crippen LogP contribution in [0.2, 0.25) is 0 Å². The van der Waals surface area contributed by atoms with Gasteiger partial charge in [0.05, 0.1) is 12.7 Å². The summed E-state index contributed by atoms with van der Waals surface area (Å²) in [5.41, 5.74) is 4.32. The summed E-state index contributed by atoms with van der Waals surface area (Å²) in [5, 5.41) is 18.8. The Morgan fingerprint density at radius 3 is 2.11 bits per heavy atom. The molecule has 27 heavy (non-hydrogen) atoms. The quantitative estimate of drug-likeness (QED) is 0.821. The van der Waals surface area contributed by atoms with E-state index in [0.29, 0.717) is 18.7 Å². The molecule has 4 nitrogen and oxygen atoms in total. The summed E-state index contributed by atoms with van der Waals surface area (Å²) in [6.45, 7) is 3.23. The second-order valence-corrected chi connectivity index (χ2v) is 7.40. The number of rotatable bonds is 6. The number of carbonyl (C=O) groups is 1. The molecule has 2 N–H and O–H groups in total. The summed E-state index contributed by atoms with van der Waals surface area (Å²) < 4.78 is 0. The van der Waals surface area contributed by atoms with Crippen LogP contribution in [-0.2, 0) is 6.42 Å². The third-order valence-electron chi connectivity index (χ3n) is 5.52. The molecule has 1 heterocycles. The number of nitrogens with zero attached hydrogens (tertiary/aromatic N) is 1. The van der Waals surface area contributed by atoms with Gasteiger partial charge in [0.25, 0.3) is 5.91 Å². The van der Waals surface area contributed by atoms with E-state index in [9.17, 15) is 9.90 Å². The number of benzene rings is 2. The molecule has 1 amide bonds. The Balaban J connectivity index is 1.62. The van der Waals surface area contributed by atoms with E-state index in [1.807, 2.05) is 29.2 Å². The van der Waals surface area contributed by atoms with Gasteiger partial charge >= 0.3 is 0 Å². The summed E-state index contributed by atoms with van der Waals surface area (Å²) in [6, 6.07) is 16.4. The minimum absolute atomic E-state index is 0.0387. The molecule has 0 spiro atoms. The number of hydrogen-bond donors (Lipinski definition) is 2. The van der Waals surface area contributed by atoms with Crippen molar-refractivity contribution in [2.75, 3.05) is 19.7 Å². The summed E-state index contributed by atoms with van der Waals surface area (Å²) >= 11 is 0. The lowest BCUT2D eigenvalue weighted by molar-refractivity contribution is 0.0179. The molecule has 0 bridgehead atoms. The first-order valence-electron chi connectivity index (χ1n) is 9.90. The molecule has 1 unspecified atom stereocenters. The van der Waals surface area contributed by atoms with Crippen molar-refractivity contribution in [2.45, 2.75) is 38.7 Å². The fourth-order valence-corrected chi connectivity index (χ4v) is 3.78. The van der Waals surface area contributed by atoms with Gasteiger partial charge in [-0.1, -0.05) is 49.7 Å². The van der Waals surface area contributed by atoms with Crippen LogP contribution in [0.3, 0.4) is 0 Å². The fourth-order valence-electron chi connectivity index (χ4n) is 3.78. The average Bonchev–Trinajstić information content (AvgIpc) is 2.74. The highest BCUT2D eigenvalue weighted by molar-refractivity contribution is 5.94. The van der Waals surface area contributed by atoms with Crippen molar-refractivity contribution in [3.8, 4) is 11.1 Å². The monoisotopic (exact) mass is 367 g/mol. The van der Waals surface area contributed by atoms with Gasteiger partial charge in [-0.15, -0.1) is 0 Å². The Bertz CT molecular complexity index is 731. The van der Waals surface area contributed by atoms with E-state index < -0.39 is 6.10 Å². The Kier molecular flexibility index (Phi) is 6.64. The van der Waals surface area contributed by atoms with E-state index in [4.69, 9.17) is 5.11 Å². The van der Waals surface area contributed by atoms with Crippen molar-refractivity contribution in [1.29, 1.82) is 0 Å². The van der Waals surface area contributed by atoms with Crippen LogP contribution in [0.5, 0.6) is 0 Å². The molecular weight excluding hydrogens is 338 g/mol. The molecule has 0 radical (unpaired) electrons. The second-order valence-electron chi connectivity index (χ2n) is 7.40. The minimum atomic E-state index is -0.676. The summed E-state index contributed by atoms with van der Waals surface area (Å²) in [6.07, 6.45) is 3.03. The molecular formula is C23H29NO3. The Labute approximate surface area is 161 Å². The predicted molar refractivity (Wildman–Crippen MR) is 108 cm³/mol. The normalized spacial score (nSPS) is 16.3. The maximum atomic E-state index is 12.7. The number of aryl methyl sites for hydroxylation is 1. The highest BCUT2D eigenvalue weighted by Crippen LogP contribution is 2.24. The Morgan fingerprint density at radius 2 is 1.59 bits per heavy atom. The molecule has 1 fully saturated rings. The van der Waals surface area contributed by atoms with Crippen molar-refractivity contribution < 1.29 is 15.0 Å². The number of aliphatic hydroxyl groups is 2. The lowest BCUT2D eigenvalue weighted by Crippen LogP contribution is -2.42. The molecule has 2 aromatic rings. The van der Waals surface area contributed by atoms with Gasteiger partial charge in [-0.2, -0.15) is 0 Å².